The minimum absolute atomic E-state index is 0.120. The molecule has 3 fully saturated rings. The number of aromatic nitrogens is 2. The summed E-state index contributed by atoms with van der Waals surface area (Å²) in [5, 5.41) is 10.1. The molecule has 0 spiro atoms. The normalized spacial score (nSPS) is 25.6. The Morgan fingerprint density at radius 1 is 1.08 bits per heavy atom. The summed E-state index contributed by atoms with van der Waals surface area (Å²) in [4.78, 5) is 9.35. The Morgan fingerprint density at radius 2 is 1.78 bits per heavy atom. The minimum atomic E-state index is -0.706. The number of benzene rings is 1. The fourth-order valence-electron chi connectivity index (χ4n) is 4.74. The lowest BCUT2D eigenvalue weighted by Gasteiger charge is -2.29. The maximum atomic E-state index is 15.0. The van der Waals surface area contributed by atoms with Gasteiger partial charge in [-0.25, -0.2) is 13.8 Å². The highest BCUT2D eigenvalue weighted by Crippen LogP contribution is 2.38. The molecule has 1 aromatic carbocycles. The molecule has 3 aliphatic heterocycles. The number of rotatable bonds is 4. The SMILES string of the molecule is CC.O[C@@H]1CO[C@H]2C1OC[C@H]2Oc1[nH]c2ccc(-c3c(F)cc(N4CCOCC4)cc3F)nc2c1Cl. The van der Waals surface area contributed by atoms with Gasteiger partial charge in [0.2, 0.25) is 5.88 Å². The molecule has 0 radical (unpaired) electrons. The van der Waals surface area contributed by atoms with E-state index in [1.807, 2.05) is 18.7 Å². The molecule has 36 heavy (non-hydrogen) atoms. The van der Waals surface area contributed by atoms with Gasteiger partial charge < -0.3 is 33.9 Å². The second-order valence-electron chi connectivity index (χ2n) is 8.56. The number of H-pyrrole nitrogens is 1. The van der Waals surface area contributed by atoms with E-state index < -0.39 is 36.1 Å². The van der Waals surface area contributed by atoms with Crippen molar-refractivity contribution in [1.82, 2.24) is 9.97 Å². The first-order valence-corrected chi connectivity index (χ1v) is 12.5. The highest BCUT2D eigenvalue weighted by Gasteiger charge is 2.48. The van der Waals surface area contributed by atoms with Crippen molar-refractivity contribution in [2.75, 3.05) is 44.4 Å². The number of ether oxygens (including phenoxy) is 4. The first-order valence-electron chi connectivity index (χ1n) is 12.1. The molecule has 2 N–H and O–H groups in total. The molecule has 3 aromatic rings. The van der Waals surface area contributed by atoms with E-state index in [4.69, 9.17) is 30.5 Å². The molecular formula is C25H28ClF2N3O5. The lowest BCUT2D eigenvalue weighted by Crippen LogP contribution is -2.36. The number of aromatic amines is 1. The van der Waals surface area contributed by atoms with Crippen LogP contribution in [-0.2, 0) is 14.2 Å². The molecule has 0 bridgehead atoms. The Balaban J connectivity index is 0.00000130. The Bertz CT molecular complexity index is 1210. The van der Waals surface area contributed by atoms with Gasteiger partial charge >= 0.3 is 0 Å². The molecule has 0 amide bonds. The summed E-state index contributed by atoms with van der Waals surface area (Å²) in [5.74, 6) is -1.16. The van der Waals surface area contributed by atoms with Crippen LogP contribution in [0.5, 0.6) is 5.88 Å². The van der Waals surface area contributed by atoms with E-state index in [9.17, 15) is 5.11 Å². The minimum Gasteiger partial charge on any atom is -0.469 e. The zero-order chi connectivity index (χ0) is 25.4. The monoisotopic (exact) mass is 523 g/mol. The van der Waals surface area contributed by atoms with Gasteiger partial charge in [-0.05, 0) is 24.3 Å². The molecule has 0 aliphatic carbocycles. The van der Waals surface area contributed by atoms with Gasteiger partial charge in [-0.3, -0.25) is 0 Å². The highest BCUT2D eigenvalue weighted by molar-refractivity contribution is 6.36. The van der Waals surface area contributed by atoms with E-state index in [-0.39, 0.29) is 35.4 Å². The Labute approximate surface area is 212 Å². The molecule has 6 rings (SSSR count). The fraction of sp³-hybridized carbons (Fsp3) is 0.480. The zero-order valence-corrected chi connectivity index (χ0v) is 20.7. The average Bonchev–Trinajstić information content (AvgIpc) is 3.56. The number of halogens is 3. The zero-order valence-electron chi connectivity index (χ0n) is 20.0. The molecule has 1 unspecified atom stereocenters. The van der Waals surface area contributed by atoms with Gasteiger partial charge in [-0.15, -0.1) is 0 Å². The number of hydrogen-bond acceptors (Lipinski definition) is 7. The van der Waals surface area contributed by atoms with Crippen molar-refractivity contribution in [3.05, 3.63) is 40.9 Å². The van der Waals surface area contributed by atoms with Crippen molar-refractivity contribution >= 4 is 28.3 Å². The number of aliphatic hydroxyl groups excluding tert-OH is 1. The summed E-state index contributed by atoms with van der Waals surface area (Å²) in [7, 11) is 0. The summed E-state index contributed by atoms with van der Waals surface area (Å²) in [6, 6.07) is 5.81. The van der Waals surface area contributed by atoms with Crippen LogP contribution in [0.4, 0.5) is 14.5 Å². The molecule has 3 aliphatic rings. The largest absolute Gasteiger partial charge is 0.469 e. The van der Waals surface area contributed by atoms with Gasteiger partial charge in [-0.2, -0.15) is 0 Å². The molecule has 8 nitrogen and oxygen atoms in total. The molecular weight excluding hydrogens is 496 g/mol. The van der Waals surface area contributed by atoms with E-state index in [2.05, 4.69) is 9.97 Å². The molecule has 3 saturated heterocycles. The molecule has 11 heteroatoms. The van der Waals surface area contributed by atoms with Crippen LogP contribution in [0.3, 0.4) is 0 Å². The maximum Gasteiger partial charge on any atom is 0.213 e. The lowest BCUT2D eigenvalue weighted by atomic mass is 10.1. The predicted molar refractivity (Wildman–Crippen MR) is 131 cm³/mol. The maximum absolute atomic E-state index is 15.0. The number of fused-ring (bicyclic) bond motifs is 2. The number of anilines is 1. The van der Waals surface area contributed by atoms with E-state index >= 15 is 8.78 Å². The second kappa shape index (κ2) is 10.5. The number of morpholine rings is 1. The van der Waals surface area contributed by atoms with E-state index in [0.29, 0.717) is 43.0 Å². The third-order valence-corrected chi connectivity index (χ3v) is 6.81. The highest BCUT2D eigenvalue weighted by atomic mass is 35.5. The van der Waals surface area contributed by atoms with E-state index in [1.165, 1.54) is 18.2 Å². The number of aliphatic hydroxyl groups is 1. The van der Waals surface area contributed by atoms with Gasteiger partial charge in [0.15, 0.2) is 6.10 Å². The van der Waals surface area contributed by atoms with Crippen LogP contribution in [0.2, 0.25) is 5.02 Å². The smallest absolute Gasteiger partial charge is 0.213 e. The van der Waals surface area contributed by atoms with Crippen molar-refractivity contribution in [2.24, 2.45) is 0 Å². The van der Waals surface area contributed by atoms with Crippen LogP contribution in [0.25, 0.3) is 22.3 Å². The van der Waals surface area contributed by atoms with Gasteiger partial charge in [0, 0.05) is 18.8 Å². The van der Waals surface area contributed by atoms with Crippen molar-refractivity contribution in [3.63, 3.8) is 0 Å². The van der Waals surface area contributed by atoms with Gasteiger partial charge in [0.05, 0.1) is 43.2 Å². The summed E-state index contributed by atoms with van der Waals surface area (Å²) in [6.45, 7) is 6.59. The van der Waals surface area contributed by atoms with Gasteiger partial charge in [0.1, 0.15) is 40.5 Å². The van der Waals surface area contributed by atoms with Gasteiger partial charge in [0.25, 0.3) is 0 Å². The average molecular weight is 524 g/mol. The molecule has 194 valence electrons. The van der Waals surface area contributed by atoms with E-state index in [0.717, 1.165) is 0 Å². The number of nitrogens with zero attached hydrogens (tertiary/aromatic N) is 2. The summed E-state index contributed by atoms with van der Waals surface area (Å²) < 4.78 is 52.5. The number of hydrogen-bond donors (Lipinski definition) is 2. The Morgan fingerprint density at radius 3 is 2.50 bits per heavy atom. The molecule has 0 saturated carbocycles. The number of pyridine rings is 1. The van der Waals surface area contributed by atoms with Crippen molar-refractivity contribution in [3.8, 4) is 17.1 Å². The quantitative estimate of drug-likeness (QED) is 0.535. The third kappa shape index (κ3) is 4.52. The summed E-state index contributed by atoms with van der Waals surface area (Å²) in [5.41, 5.74) is 1.24. The van der Waals surface area contributed by atoms with Crippen LogP contribution in [-0.4, -0.2) is 79.0 Å². The number of nitrogens with one attached hydrogen (secondary N) is 1. The van der Waals surface area contributed by atoms with Gasteiger partial charge in [-0.1, -0.05) is 25.4 Å². The second-order valence-corrected chi connectivity index (χ2v) is 8.94. The first-order chi connectivity index (χ1) is 17.5. The standard InChI is InChI=1S/C23H22ClF2N3O5.C2H6/c24-19-20-15(28-23(19)34-17-10-33-21-16(30)9-32-22(17)21)2-1-14(27-20)18-12(25)7-11(8-13(18)26)29-3-5-31-6-4-29;1-2/h1-2,7-8,16-17,21-22,28,30H,3-6,9-10H2;1-2H3/t16-,17-,21?,22-;/m1./s1. The van der Waals surface area contributed by atoms with Crippen LogP contribution >= 0.6 is 11.6 Å². The third-order valence-electron chi connectivity index (χ3n) is 6.46. The van der Waals surface area contributed by atoms with Crippen LogP contribution < -0.4 is 9.64 Å². The molecule has 4 atom stereocenters. The van der Waals surface area contributed by atoms with Crippen molar-refractivity contribution in [1.29, 1.82) is 0 Å². The lowest BCUT2D eigenvalue weighted by molar-refractivity contribution is 0.00796. The Hall–Kier alpha value is -2.50. The van der Waals surface area contributed by atoms with E-state index in [1.54, 1.807) is 6.07 Å². The molecule has 5 heterocycles. The summed E-state index contributed by atoms with van der Waals surface area (Å²) in [6.07, 6.45) is -2.01. The van der Waals surface area contributed by atoms with Crippen LogP contribution in [0, 0.1) is 11.6 Å². The van der Waals surface area contributed by atoms with Crippen molar-refractivity contribution < 1.29 is 32.8 Å². The van der Waals surface area contributed by atoms with Crippen LogP contribution in [0.1, 0.15) is 13.8 Å². The topological polar surface area (TPSA) is 89.1 Å². The summed E-state index contributed by atoms with van der Waals surface area (Å²) >= 11 is 6.52. The Kier molecular flexibility index (Phi) is 7.32. The van der Waals surface area contributed by atoms with Crippen molar-refractivity contribution in [2.45, 2.75) is 38.3 Å². The van der Waals surface area contributed by atoms with Crippen LogP contribution in [0.15, 0.2) is 24.3 Å². The predicted octanol–water partition coefficient (Wildman–Crippen LogP) is 3.93. The molecule has 2 aromatic heterocycles. The fourth-order valence-corrected chi connectivity index (χ4v) is 4.97. The first kappa shape index (κ1) is 25.2.